The van der Waals surface area contributed by atoms with Gasteiger partial charge in [-0.15, -0.1) is 0 Å². The second-order valence-corrected chi connectivity index (χ2v) is 7.10. The van der Waals surface area contributed by atoms with Crippen LogP contribution in [-0.2, 0) is 14.3 Å². The van der Waals surface area contributed by atoms with Gasteiger partial charge in [0.25, 0.3) is 0 Å². The van der Waals surface area contributed by atoms with Gasteiger partial charge in [-0.25, -0.2) is 8.78 Å². The maximum absolute atomic E-state index is 13.8. The summed E-state index contributed by atoms with van der Waals surface area (Å²) >= 11 is 0. The Morgan fingerprint density at radius 2 is 1.84 bits per heavy atom. The minimum atomic E-state index is -1.34. The van der Waals surface area contributed by atoms with Gasteiger partial charge in [-0.2, -0.15) is 0 Å². The van der Waals surface area contributed by atoms with Crippen molar-refractivity contribution in [1.29, 1.82) is 0 Å². The molecule has 0 heterocycles. The first-order valence-electron chi connectivity index (χ1n) is 8.01. The zero-order valence-electron chi connectivity index (χ0n) is 14.2. The summed E-state index contributed by atoms with van der Waals surface area (Å²) in [5.74, 6) is -4.33. The smallest absolute Gasteiger partial charge is 0.320 e. The van der Waals surface area contributed by atoms with E-state index in [0.29, 0.717) is 12.8 Å². The Labute approximate surface area is 143 Å². The lowest BCUT2D eigenvalue weighted by atomic mass is 9.69. The first kappa shape index (κ1) is 17.5. The number of esters is 1. The van der Waals surface area contributed by atoms with E-state index in [0.717, 1.165) is 24.3 Å². The molecule has 0 aromatic heterocycles. The highest BCUT2D eigenvalue weighted by Gasteiger charge is 2.71. The number of ketones is 2. The molecule has 2 fully saturated rings. The highest BCUT2D eigenvalue weighted by Crippen LogP contribution is 2.66. The van der Waals surface area contributed by atoms with Crippen LogP contribution in [0.1, 0.15) is 37.0 Å². The summed E-state index contributed by atoms with van der Waals surface area (Å²) in [6, 6.07) is 3.13. The van der Waals surface area contributed by atoms with Crippen molar-refractivity contribution in [2.75, 3.05) is 7.11 Å². The summed E-state index contributed by atoms with van der Waals surface area (Å²) in [4.78, 5) is 37.7. The van der Waals surface area contributed by atoms with Gasteiger partial charge in [0, 0.05) is 5.57 Å². The van der Waals surface area contributed by atoms with Crippen LogP contribution in [0.3, 0.4) is 0 Å². The van der Waals surface area contributed by atoms with Crippen molar-refractivity contribution in [2.24, 2.45) is 16.7 Å². The molecule has 25 heavy (non-hydrogen) atoms. The number of hydrogen-bond acceptors (Lipinski definition) is 4. The molecule has 6 heteroatoms. The van der Waals surface area contributed by atoms with Crippen LogP contribution in [0.25, 0.3) is 0 Å². The van der Waals surface area contributed by atoms with Gasteiger partial charge in [-0.3, -0.25) is 14.4 Å². The quantitative estimate of drug-likeness (QED) is 0.364. The van der Waals surface area contributed by atoms with Crippen molar-refractivity contribution in [2.45, 2.75) is 26.7 Å². The number of Topliss-reactive ketones (excluding diaryl/α,β-unsaturated/α-hetero) is 1. The Morgan fingerprint density at radius 1 is 1.24 bits per heavy atom. The molecule has 0 amide bonds. The first-order chi connectivity index (χ1) is 11.7. The van der Waals surface area contributed by atoms with Crippen LogP contribution in [0.4, 0.5) is 8.78 Å². The van der Waals surface area contributed by atoms with Crippen LogP contribution >= 0.6 is 0 Å². The highest BCUT2D eigenvalue weighted by molar-refractivity contribution is 6.20. The molecule has 1 aromatic rings. The van der Waals surface area contributed by atoms with E-state index in [-0.39, 0.29) is 11.5 Å². The fourth-order valence-electron chi connectivity index (χ4n) is 4.44. The summed E-state index contributed by atoms with van der Waals surface area (Å²) in [6.07, 6.45) is 1.86. The van der Waals surface area contributed by atoms with Gasteiger partial charge >= 0.3 is 5.97 Å². The molecule has 2 aliphatic rings. The SMILES string of the molecule is COC(=O)[C@@]12CC[C@@H](/C(=C/C(=O)c3c(F)cccc3F)C1=O)C2(C)C. The predicted octanol–water partition coefficient (Wildman–Crippen LogP) is 3.25. The van der Waals surface area contributed by atoms with Crippen LogP contribution in [0.5, 0.6) is 0 Å². The molecule has 132 valence electrons. The molecule has 0 N–H and O–H groups in total. The summed E-state index contributed by atoms with van der Waals surface area (Å²) in [5.41, 5.74) is -2.62. The Bertz CT molecular complexity index is 804. The fourth-order valence-corrected chi connectivity index (χ4v) is 4.44. The first-order valence-corrected chi connectivity index (χ1v) is 8.01. The molecule has 2 aliphatic carbocycles. The van der Waals surface area contributed by atoms with E-state index >= 15 is 0 Å². The second kappa shape index (κ2) is 5.58. The maximum Gasteiger partial charge on any atom is 0.320 e. The number of fused-ring (bicyclic) bond motifs is 2. The lowest BCUT2D eigenvalue weighted by molar-refractivity contribution is -0.161. The van der Waals surface area contributed by atoms with Gasteiger partial charge in [0.15, 0.2) is 11.6 Å². The van der Waals surface area contributed by atoms with E-state index in [1.54, 1.807) is 13.8 Å². The zero-order chi connectivity index (χ0) is 18.6. The molecule has 2 atom stereocenters. The average molecular weight is 348 g/mol. The lowest BCUT2D eigenvalue weighted by Crippen LogP contribution is -2.44. The topological polar surface area (TPSA) is 60.4 Å². The van der Waals surface area contributed by atoms with Gasteiger partial charge in [0.2, 0.25) is 0 Å². The van der Waals surface area contributed by atoms with Crippen LogP contribution in [-0.4, -0.2) is 24.6 Å². The van der Waals surface area contributed by atoms with Crippen LogP contribution < -0.4 is 0 Å². The summed E-state index contributed by atoms with van der Waals surface area (Å²) in [7, 11) is 1.22. The Balaban J connectivity index is 2.08. The molecule has 3 rings (SSSR count). The van der Waals surface area contributed by atoms with Gasteiger partial charge in [-0.1, -0.05) is 19.9 Å². The molecule has 4 nitrogen and oxygen atoms in total. The van der Waals surface area contributed by atoms with Gasteiger partial charge < -0.3 is 4.74 Å². The summed E-state index contributed by atoms with van der Waals surface area (Å²) in [6.45, 7) is 3.57. The second-order valence-electron chi connectivity index (χ2n) is 7.10. The molecule has 1 aromatic carbocycles. The number of hydrogen-bond donors (Lipinski definition) is 0. The third-order valence-electron chi connectivity index (χ3n) is 5.83. The van der Waals surface area contributed by atoms with E-state index in [1.807, 2.05) is 0 Å². The summed E-state index contributed by atoms with van der Waals surface area (Å²) < 4.78 is 32.5. The largest absolute Gasteiger partial charge is 0.468 e. The Kier molecular flexibility index (Phi) is 3.89. The normalized spacial score (nSPS) is 28.4. The number of carbonyl (C=O) groups excluding carboxylic acids is 3. The van der Waals surface area contributed by atoms with Crippen molar-refractivity contribution >= 4 is 17.5 Å². The van der Waals surface area contributed by atoms with Crippen LogP contribution in [0.15, 0.2) is 29.8 Å². The Hall–Kier alpha value is -2.37. The molecule has 0 spiro atoms. The third-order valence-corrected chi connectivity index (χ3v) is 5.83. The number of carbonyl (C=O) groups is 3. The van der Waals surface area contributed by atoms with Crippen molar-refractivity contribution < 1.29 is 27.9 Å². The molecule has 0 aliphatic heterocycles. The van der Waals surface area contributed by atoms with Crippen LogP contribution in [0, 0.1) is 28.4 Å². The number of halogens is 2. The molecule has 0 unspecified atom stereocenters. The minimum Gasteiger partial charge on any atom is -0.468 e. The molecular weight excluding hydrogens is 330 g/mol. The van der Waals surface area contributed by atoms with E-state index in [9.17, 15) is 23.2 Å². The number of methoxy groups -OCH3 is 1. The number of rotatable bonds is 3. The molecule has 2 bridgehead atoms. The molecule has 0 saturated heterocycles. The molecular formula is C19H18F2O4. The van der Waals surface area contributed by atoms with Gasteiger partial charge in [-0.05, 0) is 42.4 Å². The highest BCUT2D eigenvalue weighted by atomic mass is 19.1. The van der Waals surface area contributed by atoms with E-state index in [2.05, 4.69) is 0 Å². The van der Waals surface area contributed by atoms with E-state index in [1.165, 1.54) is 7.11 Å². The maximum atomic E-state index is 13.8. The van der Waals surface area contributed by atoms with Crippen molar-refractivity contribution in [1.82, 2.24) is 0 Å². The number of ether oxygens (including phenoxy) is 1. The zero-order valence-corrected chi connectivity index (χ0v) is 14.2. The lowest BCUT2D eigenvalue weighted by Gasteiger charge is -2.32. The van der Waals surface area contributed by atoms with E-state index < -0.39 is 45.6 Å². The van der Waals surface area contributed by atoms with E-state index in [4.69, 9.17) is 4.74 Å². The van der Waals surface area contributed by atoms with Crippen molar-refractivity contribution in [3.63, 3.8) is 0 Å². The van der Waals surface area contributed by atoms with Gasteiger partial charge in [0.1, 0.15) is 17.0 Å². The monoisotopic (exact) mass is 348 g/mol. The molecule has 0 radical (unpaired) electrons. The average Bonchev–Trinajstić information content (AvgIpc) is 2.90. The van der Waals surface area contributed by atoms with Crippen LogP contribution in [0.2, 0.25) is 0 Å². The molecule has 2 saturated carbocycles. The number of benzene rings is 1. The Morgan fingerprint density at radius 3 is 2.40 bits per heavy atom. The van der Waals surface area contributed by atoms with Crippen molar-refractivity contribution in [3.05, 3.63) is 47.0 Å². The van der Waals surface area contributed by atoms with Crippen molar-refractivity contribution in [3.8, 4) is 0 Å². The fraction of sp³-hybridized carbons (Fsp3) is 0.421. The predicted molar refractivity (Wildman–Crippen MR) is 84.7 cm³/mol. The number of allylic oxidation sites excluding steroid dienone is 2. The van der Waals surface area contributed by atoms with Gasteiger partial charge in [0.05, 0.1) is 12.7 Å². The standard InChI is InChI=1S/C19H18F2O4/c1-18(2)11-7-8-19(18,17(24)25-3)16(23)10(11)9-14(22)15-12(20)5-4-6-13(15)21/h4-6,9,11H,7-8H2,1-3H3/b10-9-/t11-,19+/m0/s1. The summed E-state index contributed by atoms with van der Waals surface area (Å²) in [5, 5.41) is 0. The minimum absolute atomic E-state index is 0.148. The third kappa shape index (κ3) is 2.12.